The number of phenols is 1. The average molecular weight is 376 g/mol. The van der Waals surface area contributed by atoms with Crippen LogP contribution in [0.4, 0.5) is 0 Å². The van der Waals surface area contributed by atoms with Gasteiger partial charge in [-0.3, -0.25) is 4.79 Å². The molecule has 1 aliphatic rings. The van der Waals surface area contributed by atoms with E-state index >= 15 is 0 Å². The van der Waals surface area contributed by atoms with Crippen LogP contribution < -0.4 is 4.74 Å². The number of hydrogen-bond donors (Lipinski definition) is 1. The zero-order valence-corrected chi connectivity index (χ0v) is 15.9. The number of amides is 1. The molecule has 0 bridgehead atoms. The zero-order valence-electron chi connectivity index (χ0n) is 14.3. The predicted octanol–water partition coefficient (Wildman–Crippen LogP) is 4.29. The highest BCUT2D eigenvalue weighted by Crippen LogP contribution is 2.40. The third-order valence-corrected chi connectivity index (χ3v) is 6.19. The Morgan fingerprint density at radius 1 is 1.28 bits per heavy atom. The second-order valence-electron chi connectivity index (χ2n) is 5.69. The average Bonchev–Trinajstić information content (AvgIpc) is 2.98. The number of benzene rings is 2. The van der Waals surface area contributed by atoms with E-state index in [9.17, 15) is 9.90 Å². The van der Waals surface area contributed by atoms with Gasteiger partial charge in [-0.15, -0.1) is 23.5 Å². The minimum absolute atomic E-state index is 0.0213. The predicted molar refractivity (Wildman–Crippen MR) is 103 cm³/mol. The highest BCUT2D eigenvalue weighted by Gasteiger charge is 2.32. The Balaban J connectivity index is 1.80. The van der Waals surface area contributed by atoms with Crippen molar-refractivity contribution in [2.75, 3.05) is 18.6 Å². The lowest BCUT2D eigenvalue weighted by Crippen LogP contribution is -2.27. The summed E-state index contributed by atoms with van der Waals surface area (Å²) in [5, 5.41) is 9.76. The number of thioether (sulfide) groups is 2. The summed E-state index contributed by atoms with van der Waals surface area (Å²) >= 11 is 3.46. The van der Waals surface area contributed by atoms with Crippen LogP contribution in [-0.4, -0.2) is 34.5 Å². The van der Waals surface area contributed by atoms with Crippen molar-refractivity contribution in [1.29, 1.82) is 0 Å². The zero-order chi connectivity index (χ0) is 17.8. The molecule has 0 radical (unpaired) electrons. The van der Waals surface area contributed by atoms with Crippen LogP contribution in [0.15, 0.2) is 47.4 Å². The molecule has 4 nitrogen and oxygen atoms in total. The van der Waals surface area contributed by atoms with E-state index in [2.05, 4.69) is 31.2 Å². The molecule has 3 rings (SSSR count). The molecule has 0 spiro atoms. The molecule has 1 unspecified atom stereocenters. The van der Waals surface area contributed by atoms with Crippen molar-refractivity contribution in [2.45, 2.75) is 23.7 Å². The van der Waals surface area contributed by atoms with Gasteiger partial charge < -0.3 is 14.7 Å². The van der Waals surface area contributed by atoms with Crippen LogP contribution in [0.1, 0.15) is 23.4 Å². The number of methoxy groups -OCH3 is 1. The van der Waals surface area contributed by atoms with Crippen molar-refractivity contribution in [3.05, 3.63) is 53.6 Å². The Bertz CT molecular complexity index is 749. The first-order valence-corrected chi connectivity index (χ1v) is 10.2. The minimum Gasteiger partial charge on any atom is -0.504 e. The standard InChI is InChI=1S/C19H21NO3S2/c1-3-24-15-7-5-14(6-8-15)19-20(18(22)12-25-19)11-13-4-9-16(21)17(10-13)23-2/h4-10,19,21H,3,11-12H2,1-2H3. The molecule has 2 aromatic rings. The van der Waals surface area contributed by atoms with Crippen LogP contribution in [0, 0.1) is 0 Å². The van der Waals surface area contributed by atoms with Gasteiger partial charge in [0, 0.05) is 11.4 Å². The monoisotopic (exact) mass is 375 g/mol. The van der Waals surface area contributed by atoms with E-state index in [1.165, 1.54) is 12.0 Å². The molecule has 1 heterocycles. The number of ether oxygens (including phenoxy) is 1. The fourth-order valence-corrected chi connectivity index (χ4v) is 4.66. The second-order valence-corrected chi connectivity index (χ2v) is 8.10. The molecular weight excluding hydrogens is 354 g/mol. The molecule has 1 saturated heterocycles. The lowest BCUT2D eigenvalue weighted by Gasteiger charge is -2.24. The third-order valence-electron chi connectivity index (χ3n) is 4.04. The molecule has 1 amide bonds. The maximum atomic E-state index is 12.4. The highest BCUT2D eigenvalue weighted by atomic mass is 32.2. The van der Waals surface area contributed by atoms with Gasteiger partial charge in [0.2, 0.25) is 5.91 Å². The van der Waals surface area contributed by atoms with Crippen LogP contribution in [0.2, 0.25) is 0 Å². The van der Waals surface area contributed by atoms with Crippen molar-refractivity contribution < 1.29 is 14.6 Å². The first-order valence-electron chi connectivity index (χ1n) is 8.12. The number of hydrogen-bond acceptors (Lipinski definition) is 5. The molecule has 6 heteroatoms. The van der Waals surface area contributed by atoms with Gasteiger partial charge in [0.1, 0.15) is 5.37 Å². The Kier molecular flexibility index (Phi) is 5.81. The highest BCUT2D eigenvalue weighted by molar-refractivity contribution is 8.00. The van der Waals surface area contributed by atoms with Gasteiger partial charge in [-0.05, 0) is 41.1 Å². The van der Waals surface area contributed by atoms with Gasteiger partial charge >= 0.3 is 0 Å². The smallest absolute Gasteiger partial charge is 0.234 e. The summed E-state index contributed by atoms with van der Waals surface area (Å²) in [7, 11) is 1.52. The van der Waals surface area contributed by atoms with Crippen LogP contribution in [-0.2, 0) is 11.3 Å². The molecule has 0 aliphatic carbocycles. The Labute approximate surface area is 156 Å². The molecule has 0 saturated carbocycles. The molecule has 1 N–H and O–H groups in total. The van der Waals surface area contributed by atoms with Gasteiger partial charge in [-0.1, -0.05) is 25.1 Å². The second kappa shape index (κ2) is 8.06. The molecule has 0 aromatic heterocycles. The van der Waals surface area contributed by atoms with E-state index in [0.29, 0.717) is 18.0 Å². The van der Waals surface area contributed by atoms with E-state index in [1.54, 1.807) is 23.9 Å². The van der Waals surface area contributed by atoms with Crippen LogP contribution in [0.3, 0.4) is 0 Å². The van der Waals surface area contributed by atoms with Crippen molar-refractivity contribution in [2.24, 2.45) is 0 Å². The number of phenolic OH excluding ortho intramolecular Hbond substituents is 1. The number of nitrogens with zero attached hydrogens (tertiary/aromatic N) is 1. The van der Waals surface area contributed by atoms with Crippen molar-refractivity contribution >= 4 is 29.4 Å². The lowest BCUT2D eigenvalue weighted by molar-refractivity contribution is -0.128. The van der Waals surface area contributed by atoms with Gasteiger partial charge in [0.05, 0.1) is 12.9 Å². The summed E-state index contributed by atoms with van der Waals surface area (Å²) in [6.45, 7) is 2.64. The number of rotatable bonds is 6. The summed E-state index contributed by atoms with van der Waals surface area (Å²) in [5.41, 5.74) is 2.08. The maximum Gasteiger partial charge on any atom is 0.234 e. The van der Waals surface area contributed by atoms with E-state index in [0.717, 1.165) is 16.9 Å². The molecule has 1 atom stereocenters. The third kappa shape index (κ3) is 4.07. The molecule has 2 aromatic carbocycles. The molecule has 1 aliphatic heterocycles. The molecule has 1 fully saturated rings. The molecule has 132 valence electrons. The van der Waals surface area contributed by atoms with Crippen LogP contribution in [0.5, 0.6) is 11.5 Å². The van der Waals surface area contributed by atoms with E-state index in [1.807, 2.05) is 22.7 Å². The van der Waals surface area contributed by atoms with E-state index < -0.39 is 0 Å². The number of aromatic hydroxyl groups is 1. The van der Waals surface area contributed by atoms with E-state index in [4.69, 9.17) is 4.74 Å². The summed E-state index contributed by atoms with van der Waals surface area (Å²) < 4.78 is 5.16. The lowest BCUT2D eigenvalue weighted by atomic mass is 10.1. The summed E-state index contributed by atoms with van der Waals surface area (Å²) in [6, 6.07) is 13.7. The number of carbonyl (C=O) groups excluding carboxylic acids is 1. The first-order chi connectivity index (χ1) is 12.1. The van der Waals surface area contributed by atoms with Gasteiger partial charge in [0.25, 0.3) is 0 Å². The van der Waals surface area contributed by atoms with Crippen molar-refractivity contribution in [3.8, 4) is 11.5 Å². The minimum atomic E-state index is 0.0213. The van der Waals surface area contributed by atoms with Crippen LogP contribution >= 0.6 is 23.5 Å². The molecular formula is C19H21NO3S2. The summed E-state index contributed by atoms with van der Waals surface area (Å²) in [4.78, 5) is 15.5. The van der Waals surface area contributed by atoms with Gasteiger partial charge in [-0.25, -0.2) is 0 Å². The van der Waals surface area contributed by atoms with Crippen LogP contribution in [0.25, 0.3) is 0 Å². The summed E-state index contributed by atoms with van der Waals surface area (Å²) in [6.07, 6.45) is 0. The van der Waals surface area contributed by atoms with Crippen molar-refractivity contribution in [3.63, 3.8) is 0 Å². The maximum absolute atomic E-state index is 12.4. The van der Waals surface area contributed by atoms with Gasteiger partial charge in [-0.2, -0.15) is 0 Å². The van der Waals surface area contributed by atoms with Crippen molar-refractivity contribution in [1.82, 2.24) is 4.90 Å². The van der Waals surface area contributed by atoms with Gasteiger partial charge in [0.15, 0.2) is 11.5 Å². The fraction of sp³-hybridized carbons (Fsp3) is 0.316. The quantitative estimate of drug-likeness (QED) is 0.764. The Hall–Kier alpha value is -1.79. The Morgan fingerprint density at radius 3 is 2.72 bits per heavy atom. The normalized spacial score (nSPS) is 17.1. The fourth-order valence-electron chi connectivity index (χ4n) is 2.81. The molecule has 25 heavy (non-hydrogen) atoms. The SMILES string of the molecule is CCSc1ccc(C2SCC(=O)N2Cc2ccc(O)c(OC)c2)cc1. The topological polar surface area (TPSA) is 49.8 Å². The number of carbonyl (C=O) groups is 1. The Morgan fingerprint density at radius 2 is 2.04 bits per heavy atom. The summed E-state index contributed by atoms with van der Waals surface area (Å²) in [5.74, 6) is 2.20. The first kappa shape index (κ1) is 18.0. The largest absolute Gasteiger partial charge is 0.504 e. The van der Waals surface area contributed by atoms with E-state index in [-0.39, 0.29) is 17.0 Å².